The highest BCUT2D eigenvalue weighted by atomic mass is 35.5. The van der Waals surface area contributed by atoms with Crippen LogP contribution in [-0.2, 0) is 13.6 Å². The average molecular weight is 405 g/mol. The summed E-state index contributed by atoms with van der Waals surface area (Å²) in [6.07, 6.45) is 5.37. The van der Waals surface area contributed by atoms with Gasteiger partial charge in [-0.3, -0.25) is 4.68 Å². The van der Waals surface area contributed by atoms with Gasteiger partial charge in [0.1, 0.15) is 23.5 Å². The van der Waals surface area contributed by atoms with E-state index in [2.05, 4.69) is 25.5 Å². The number of aromatic nitrogens is 7. The number of benzene rings is 1. The van der Waals surface area contributed by atoms with Gasteiger partial charge in [0.25, 0.3) is 0 Å². The van der Waals surface area contributed by atoms with Crippen LogP contribution in [0.2, 0.25) is 5.02 Å². The van der Waals surface area contributed by atoms with Crippen molar-refractivity contribution in [1.29, 1.82) is 0 Å². The quantitative estimate of drug-likeness (QED) is 0.465. The van der Waals surface area contributed by atoms with Crippen LogP contribution in [0.5, 0.6) is 0 Å². The summed E-state index contributed by atoms with van der Waals surface area (Å²) in [5, 5.41) is 12.8. The molecule has 0 aliphatic carbocycles. The van der Waals surface area contributed by atoms with E-state index < -0.39 is 0 Å². The molecular weight excluding hydrogens is 388 g/mol. The SMILES string of the molecule is Cn1ccc(-c2nc(CNc3ccc(Cl)cc3)[nH]c2-c2ccc3ncnn3c2)n1. The predicted molar refractivity (Wildman–Crippen MR) is 112 cm³/mol. The van der Waals surface area contributed by atoms with Crippen LogP contribution >= 0.6 is 11.6 Å². The van der Waals surface area contributed by atoms with Crippen molar-refractivity contribution in [1.82, 2.24) is 34.3 Å². The third kappa shape index (κ3) is 3.45. The van der Waals surface area contributed by atoms with Crippen LogP contribution in [0, 0.1) is 0 Å². The topological polar surface area (TPSA) is 88.7 Å². The van der Waals surface area contributed by atoms with E-state index in [4.69, 9.17) is 16.6 Å². The maximum atomic E-state index is 5.96. The Morgan fingerprint density at radius 3 is 2.76 bits per heavy atom. The summed E-state index contributed by atoms with van der Waals surface area (Å²) in [5.41, 5.74) is 5.18. The molecule has 144 valence electrons. The number of nitrogens with zero attached hydrogens (tertiary/aromatic N) is 6. The van der Waals surface area contributed by atoms with Gasteiger partial charge in [0, 0.05) is 35.7 Å². The number of rotatable bonds is 5. The molecule has 0 radical (unpaired) electrons. The number of hydrogen-bond acceptors (Lipinski definition) is 5. The second-order valence-corrected chi connectivity index (χ2v) is 7.06. The van der Waals surface area contributed by atoms with Gasteiger partial charge in [-0.05, 0) is 42.5 Å². The third-order valence-electron chi connectivity index (χ3n) is 4.58. The van der Waals surface area contributed by atoms with Crippen LogP contribution in [0.25, 0.3) is 28.3 Å². The summed E-state index contributed by atoms with van der Waals surface area (Å²) in [5.74, 6) is 0.800. The van der Waals surface area contributed by atoms with Crippen molar-refractivity contribution in [2.45, 2.75) is 6.54 Å². The van der Waals surface area contributed by atoms with Gasteiger partial charge >= 0.3 is 0 Å². The van der Waals surface area contributed by atoms with E-state index in [0.717, 1.165) is 39.8 Å². The minimum absolute atomic E-state index is 0.535. The molecule has 0 fully saturated rings. The summed E-state index contributed by atoms with van der Waals surface area (Å²) >= 11 is 5.96. The van der Waals surface area contributed by atoms with Crippen LogP contribution in [-0.4, -0.2) is 34.3 Å². The number of pyridine rings is 1. The molecule has 0 unspecified atom stereocenters. The van der Waals surface area contributed by atoms with Gasteiger partial charge in [0.2, 0.25) is 0 Å². The first-order chi connectivity index (χ1) is 14.2. The molecular formula is C20H17ClN8. The highest BCUT2D eigenvalue weighted by molar-refractivity contribution is 6.30. The van der Waals surface area contributed by atoms with Crippen LogP contribution in [0.1, 0.15) is 5.82 Å². The lowest BCUT2D eigenvalue weighted by atomic mass is 10.1. The number of aromatic amines is 1. The van der Waals surface area contributed by atoms with Crippen LogP contribution < -0.4 is 5.32 Å². The molecule has 5 rings (SSSR count). The Morgan fingerprint density at radius 1 is 1.10 bits per heavy atom. The molecule has 0 atom stereocenters. The molecule has 5 aromatic rings. The second-order valence-electron chi connectivity index (χ2n) is 6.62. The largest absolute Gasteiger partial charge is 0.378 e. The monoisotopic (exact) mass is 404 g/mol. The molecule has 0 aliphatic rings. The lowest BCUT2D eigenvalue weighted by Gasteiger charge is -2.04. The van der Waals surface area contributed by atoms with Gasteiger partial charge < -0.3 is 10.3 Å². The molecule has 4 aromatic heterocycles. The number of aryl methyl sites for hydroxylation is 1. The molecule has 0 spiro atoms. The first-order valence-electron chi connectivity index (χ1n) is 9.04. The minimum atomic E-state index is 0.535. The van der Waals surface area contributed by atoms with E-state index >= 15 is 0 Å². The fraction of sp³-hybridized carbons (Fsp3) is 0.100. The molecule has 8 nitrogen and oxygen atoms in total. The van der Waals surface area contributed by atoms with Crippen molar-refractivity contribution in [3.8, 4) is 22.6 Å². The van der Waals surface area contributed by atoms with E-state index in [1.165, 1.54) is 6.33 Å². The van der Waals surface area contributed by atoms with Crippen molar-refractivity contribution in [2.75, 3.05) is 5.32 Å². The Hall–Kier alpha value is -3.65. The number of halogens is 1. The molecule has 0 bridgehead atoms. The zero-order chi connectivity index (χ0) is 19.8. The summed E-state index contributed by atoms with van der Waals surface area (Å²) in [6, 6.07) is 13.4. The average Bonchev–Trinajstić information content (AvgIpc) is 3.46. The molecule has 0 aliphatic heterocycles. The van der Waals surface area contributed by atoms with Gasteiger partial charge in [-0.25, -0.2) is 14.5 Å². The van der Waals surface area contributed by atoms with Crippen molar-refractivity contribution in [3.05, 3.63) is 72.0 Å². The Balaban J connectivity index is 1.52. The van der Waals surface area contributed by atoms with E-state index in [1.807, 2.05) is 61.9 Å². The molecule has 0 saturated heterocycles. The summed E-state index contributed by atoms with van der Waals surface area (Å²) in [7, 11) is 1.89. The number of nitrogens with one attached hydrogen (secondary N) is 2. The number of anilines is 1. The Labute approximate surface area is 171 Å². The first kappa shape index (κ1) is 17.4. The first-order valence-corrected chi connectivity index (χ1v) is 9.41. The zero-order valence-corrected chi connectivity index (χ0v) is 16.3. The molecule has 9 heteroatoms. The van der Waals surface area contributed by atoms with Crippen molar-refractivity contribution >= 4 is 22.9 Å². The van der Waals surface area contributed by atoms with Crippen molar-refractivity contribution < 1.29 is 0 Å². The number of H-pyrrole nitrogens is 1. The van der Waals surface area contributed by atoms with Gasteiger partial charge in [-0.1, -0.05) is 11.6 Å². The van der Waals surface area contributed by atoms with Gasteiger partial charge in [0.05, 0.1) is 12.2 Å². The summed E-state index contributed by atoms with van der Waals surface area (Å²) in [6.45, 7) is 0.535. The molecule has 2 N–H and O–H groups in total. The molecule has 4 heterocycles. The Kier molecular flexibility index (Phi) is 4.25. The number of fused-ring (bicyclic) bond motifs is 1. The highest BCUT2D eigenvalue weighted by Crippen LogP contribution is 2.29. The van der Waals surface area contributed by atoms with Gasteiger partial charge in [-0.2, -0.15) is 10.2 Å². The maximum Gasteiger partial charge on any atom is 0.155 e. The number of imidazole rings is 1. The lowest BCUT2D eigenvalue weighted by molar-refractivity contribution is 0.770. The van der Waals surface area contributed by atoms with E-state index in [9.17, 15) is 0 Å². The standard InChI is InChI=1S/C20H17ClN8/c1-28-9-8-16(27-28)20-19(13-2-7-18-23-12-24-29(18)11-13)25-17(26-20)10-22-15-5-3-14(21)4-6-15/h2-9,11-12,22H,10H2,1H3,(H,25,26). The summed E-state index contributed by atoms with van der Waals surface area (Å²) < 4.78 is 3.50. The van der Waals surface area contributed by atoms with Crippen LogP contribution in [0.15, 0.2) is 61.2 Å². The Morgan fingerprint density at radius 2 is 1.97 bits per heavy atom. The second kappa shape index (κ2) is 7.06. The fourth-order valence-electron chi connectivity index (χ4n) is 3.16. The molecule has 1 aromatic carbocycles. The normalized spacial score (nSPS) is 11.2. The van der Waals surface area contributed by atoms with E-state index in [1.54, 1.807) is 9.20 Å². The van der Waals surface area contributed by atoms with Crippen molar-refractivity contribution in [3.63, 3.8) is 0 Å². The maximum absolute atomic E-state index is 5.96. The lowest BCUT2D eigenvalue weighted by Crippen LogP contribution is -2.01. The fourth-order valence-corrected chi connectivity index (χ4v) is 3.29. The minimum Gasteiger partial charge on any atom is -0.378 e. The molecule has 0 saturated carbocycles. The number of hydrogen-bond donors (Lipinski definition) is 2. The van der Waals surface area contributed by atoms with E-state index in [0.29, 0.717) is 11.6 Å². The summed E-state index contributed by atoms with van der Waals surface area (Å²) in [4.78, 5) is 12.4. The zero-order valence-electron chi connectivity index (χ0n) is 15.5. The van der Waals surface area contributed by atoms with Gasteiger partial charge in [-0.15, -0.1) is 0 Å². The molecule has 0 amide bonds. The van der Waals surface area contributed by atoms with Crippen LogP contribution in [0.3, 0.4) is 0 Å². The smallest absolute Gasteiger partial charge is 0.155 e. The highest BCUT2D eigenvalue weighted by Gasteiger charge is 2.17. The Bertz CT molecular complexity index is 1280. The predicted octanol–water partition coefficient (Wildman–Crippen LogP) is 3.79. The van der Waals surface area contributed by atoms with E-state index in [-0.39, 0.29) is 0 Å². The molecule has 29 heavy (non-hydrogen) atoms. The van der Waals surface area contributed by atoms with Crippen molar-refractivity contribution in [2.24, 2.45) is 7.05 Å². The van der Waals surface area contributed by atoms with Gasteiger partial charge in [0.15, 0.2) is 5.65 Å². The van der Waals surface area contributed by atoms with Crippen LogP contribution in [0.4, 0.5) is 5.69 Å². The third-order valence-corrected chi connectivity index (χ3v) is 4.83.